The quantitative estimate of drug-likeness (QED) is 0.432. The first-order chi connectivity index (χ1) is 5.49. The van der Waals surface area contributed by atoms with Crippen molar-refractivity contribution in [2.24, 2.45) is 5.92 Å². The van der Waals surface area contributed by atoms with E-state index in [1.165, 1.54) is 26.2 Å². The van der Waals surface area contributed by atoms with Gasteiger partial charge in [-0.1, -0.05) is 0 Å². The van der Waals surface area contributed by atoms with Crippen LogP contribution in [0.3, 0.4) is 0 Å². The van der Waals surface area contributed by atoms with Crippen LogP contribution in [0.1, 0.15) is 6.92 Å². The van der Waals surface area contributed by atoms with Crippen LogP contribution < -0.4 is 0 Å². The molecule has 0 fully saturated rings. The molecule has 0 amide bonds. The zero-order chi connectivity index (χ0) is 9.35. The fourth-order valence-electron chi connectivity index (χ4n) is 1.20. The molecule has 1 aliphatic carbocycles. The third-order valence-corrected chi connectivity index (χ3v) is 1.89. The standard InChI is InChI=1S/C8H10O4/c1-8(11)4-3-5(9)6(8)7(10)12-2/h3-4,6,11H,1-2H3. The van der Waals surface area contributed by atoms with Crippen molar-refractivity contribution in [3.8, 4) is 0 Å². The van der Waals surface area contributed by atoms with E-state index < -0.39 is 23.3 Å². The fraction of sp³-hybridized carbons (Fsp3) is 0.500. The molecule has 4 heteroatoms. The molecular weight excluding hydrogens is 160 g/mol. The van der Waals surface area contributed by atoms with Gasteiger partial charge in [0.1, 0.15) is 5.60 Å². The third-order valence-electron chi connectivity index (χ3n) is 1.89. The molecule has 2 unspecified atom stereocenters. The molecule has 2 atom stereocenters. The summed E-state index contributed by atoms with van der Waals surface area (Å²) in [5, 5.41) is 9.52. The number of rotatable bonds is 1. The molecule has 0 spiro atoms. The summed E-state index contributed by atoms with van der Waals surface area (Å²) in [5.74, 6) is -2.20. The summed E-state index contributed by atoms with van der Waals surface area (Å²) in [6.45, 7) is 1.40. The molecule has 0 bridgehead atoms. The highest BCUT2D eigenvalue weighted by Gasteiger charge is 2.44. The summed E-state index contributed by atoms with van der Waals surface area (Å²) in [6.07, 6.45) is 2.50. The number of allylic oxidation sites excluding steroid dienone is 1. The van der Waals surface area contributed by atoms with Gasteiger partial charge in [0.25, 0.3) is 0 Å². The Kier molecular flexibility index (Phi) is 2.02. The molecule has 0 radical (unpaired) electrons. The van der Waals surface area contributed by atoms with Gasteiger partial charge in [-0.25, -0.2) is 0 Å². The van der Waals surface area contributed by atoms with E-state index in [0.717, 1.165) is 0 Å². The molecule has 0 aromatic carbocycles. The minimum absolute atomic E-state index is 0.410. The van der Waals surface area contributed by atoms with Gasteiger partial charge in [-0.3, -0.25) is 9.59 Å². The van der Waals surface area contributed by atoms with Crippen LogP contribution in [0, 0.1) is 5.92 Å². The Hall–Kier alpha value is -1.16. The van der Waals surface area contributed by atoms with Crippen LogP contribution in [-0.2, 0) is 14.3 Å². The van der Waals surface area contributed by atoms with Crippen LogP contribution in [0.5, 0.6) is 0 Å². The summed E-state index contributed by atoms with van der Waals surface area (Å²) in [5.41, 5.74) is -1.40. The Morgan fingerprint density at radius 3 is 2.67 bits per heavy atom. The molecule has 0 aromatic rings. The minimum atomic E-state index is -1.40. The second-order valence-corrected chi connectivity index (χ2v) is 2.92. The number of ketones is 1. The molecule has 12 heavy (non-hydrogen) atoms. The first-order valence-electron chi connectivity index (χ1n) is 3.52. The van der Waals surface area contributed by atoms with Crippen molar-refractivity contribution < 1.29 is 19.4 Å². The number of hydrogen-bond acceptors (Lipinski definition) is 4. The number of carbonyl (C=O) groups excluding carboxylic acids is 2. The van der Waals surface area contributed by atoms with Gasteiger partial charge in [0.2, 0.25) is 0 Å². The Morgan fingerprint density at radius 2 is 2.33 bits per heavy atom. The highest BCUT2D eigenvalue weighted by atomic mass is 16.5. The van der Waals surface area contributed by atoms with Crippen molar-refractivity contribution in [1.82, 2.24) is 0 Å². The average molecular weight is 170 g/mol. The van der Waals surface area contributed by atoms with Crippen LogP contribution in [0.15, 0.2) is 12.2 Å². The molecule has 0 saturated carbocycles. The summed E-state index contributed by atoms with van der Waals surface area (Å²) >= 11 is 0. The van der Waals surface area contributed by atoms with Crippen molar-refractivity contribution in [2.45, 2.75) is 12.5 Å². The van der Waals surface area contributed by atoms with E-state index in [1.807, 2.05) is 0 Å². The maximum Gasteiger partial charge on any atom is 0.319 e. The molecule has 0 aromatic heterocycles. The molecule has 0 saturated heterocycles. The first-order valence-corrected chi connectivity index (χ1v) is 3.52. The lowest BCUT2D eigenvalue weighted by Gasteiger charge is -2.20. The van der Waals surface area contributed by atoms with Crippen LogP contribution in [0.2, 0.25) is 0 Å². The van der Waals surface area contributed by atoms with Crippen LogP contribution in [0.25, 0.3) is 0 Å². The maximum atomic E-state index is 11.0. The third kappa shape index (κ3) is 1.25. The van der Waals surface area contributed by atoms with Crippen molar-refractivity contribution in [3.63, 3.8) is 0 Å². The zero-order valence-electron chi connectivity index (χ0n) is 6.90. The number of ether oxygens (including phenoxy) is 1. The minimum Gasteiger partial charge on any atom is -0.468 e. The largest absolute Gasteiger partial charge is 0.468 e. The molecule has 1 aliphatic rings. The zero-order valence-corrected chi connectivity index (χ0v) is 6.90. The van der Waals surface area contributed by atoms with Gasteiger partial charge >= 0.3 is 5.97 Å². The number of esters is 1. The second-order valence-electron chi connectivity index (χ2n) is 2.92. The van der Waals surface area contributed by atoms with Gasteiger partial charge in [0.15, 0.2) is 11.7 Å². The van der Waals surface area contributed by atoms with E-state index in [4.69, 9.17) is 0 Å². The monoisotopic (exact) mass is 170 g/mol. The van der Waals surface area contributed by atoms with E-state index >= 15 is 0 Å². The van der Waals surface area contributed by atoms with E-state index in [-0.39, 0.29) is 0 Å². The average Bonchev–Trinajstić information content (AvgIpc) is 2.25. The van der Waals surface area contributed by atoms with E-state index in [2.05, 4.69) is 4.74 Å². The Labute approximate surface area is 69.8 Å². The van der Waals surface area contributed by atoms with Gasteiger partial charge in [-0.05, 0) is 19.1 Å². The van der Waals surface area contributed by atoms with Crippen molar-refractivity contribution in [1.29, 1.82) is 0 Å². The normalized spacial score (nSPS) is 33.9. The number of methoxy groups -OCH3 is 1. The maximum absolute atomic E-state index is 11.0. The molecule has 1 rings (SSSR count). The highest BCUT2D eigenvalue weighted by Crippen LogP contribution is 2.27. The first kappa shape index (κ1) is 8.93. The smallest absolute Gasteiger partial charge is 0.319 e. The highest BCUT2D eigenvalue weighted by molar-refractivity contribution is 6.08. The number of carbonyl (C=O) groups is 2. The SMILES string of the molecule is COC(=O)C1C(=O)C=CC1(C)O. The predicted molar refractivity (Wildman–Crippen MR) is 40.3 cm³/mol. The summed E-state index contributed by atoms with van der Waals surface area (Å²) in [7, 11) is 1.18. The van der Waals surface area contributed by atoms with Crippen molar-refractivity contribution >= 4 is 11.8 Å². The number of aliphatic hydroxyl groups is 1. The lowest BCUT2D eigenvalue weighted by Crippen LogP contribution is -2.39. The van der Waals surface area contributed by atoms with Crippen LogP contribution in [-0.4, -0.2) is 29.6 Å². The summed E-state index contributed by atoms with van der Waals surface area (Å²) in [6, 6.07) is 0. The second kappa shape index (κ2) is 2.71. The van der Waals surface area contributed by atoms with Crippen molar-refractivity contribution in [2.75, 3.05) is 7.11 Å². The van der Waals surface area contributed by atoms with E-state index in [9.17, 15) is 14.7 Å². The van der Waals surface area contributed by atoms with E-state index in [0.29, 0.717) is 0 Å². The van der Waals surface area contributed by atoms with Crippen LogP contribution >= 0.6 is 0 Å². The van der Waals surface area contributed by atoms with Crippen LogP contribution in [0.4, 0.5) is 0 Å². The Balaban J connectivity index is 2.90. The number of hydrogen-bond donors (Lipinski definition) is 1. The molecule has 0 aliphatic heterocycles. The summed E-state index contributed by atoms with van der Waals surface area (Å²) < 4.78 is 4.38. The van der Waals surface area contributed by atoms with Crippen molar-refractivity contribution in [3.05, 3.63) is 12.2 Å². The lowest BCUT2D eigenvalue weighted by atomic mass is 9.92. The summed E-state index contributed by atoms with van der Waals surface area (Å²) in [4.78, 5) is 22.0. The van der Waals surface area contributed by atoms with Gasteiger partial charge in [0.05, 0.1) is 7.11 Å². The molecule has 66 valence electrons. The Bertz CT molecular complexity index is 252. The Morgan fingerprint density at radius 1 is 1.75 bits per heavy atom. The van der Waals surface area contributed by atoms with Gasteiger partial charge < -0.3 is 9.84 Å². The van der Waals surface area contributed by atoms with E-state index in [1.54, 1.807) is 0 Å². The van der Waals surface area contributed by atoms with Gasteiger partial charge in [0, 0.05) is 0 Å². The van der Waals surface area contributed by atoms with Gasteiger partial charge in [-0.15, -0.1) is 0 Å². The molecular formula is C8H10O4. The van der Waals surface area contributed by atoms with Gasteiger partial charge in [-0.2, -0.15) is 0 Å². The lowest BCUT2D eigenvalue weighted by molar-refractivity contribution is -0.154. The topological polar surface area (TPSA) is 63.6 Å². The fourth-order valence-corrected chi connectivity index (χ4v) is 1.20. The predicted octanol–water partition coefficient (Wildman–Crippen LogP) is -0.335. The molecule has 0 heterocycles. The molecule has 1 N–H and O–H groups in total. The molecule has 4 nitrogen and oxygen atoms in total.